The Morgan fingerprint density at radius 3 is 2.57 bits per heavy atom. The van der Waals surface area contributed by atoms with E-state index in [1.165, 1.54) is 16.3 Å². The van der Waals surface area contributed by atoms with E-state index in [1.807, 2.05) is 13.1 Å². The van der Waals surface area contributed by atoms with Crippen molar-refractivity contribution >= 4 is 10.8 Å². The first kappa shape index (κ1) is 14.4. The van der Waals surface area contributed by atoms with Crippen LogP contribution in [0.4, 0.5) is 0 Å². The van der Waals surface area contributed by atoms with Crippen molar-refractivity contribution in [1.82, 2.24) is 5.32 Å². The maximum absolute atomic E-state index is 6.03. The molecule has 3 heteroatoms. The standard InChI is InChI=1S/C18H23NO2/c1-12-4-9-17(21-12)18(19-2)15-6-5-14-11-16(20-3)8-7-13(14)10-15/h5-8,10-12,17-19H,4,9H2,1-3H3. The molecule has 21 heavy (non-hydrogen) atoms. The number of nitrogens with one attached hydrogen (secondary N) is 1. The molecule has 0 radical (unpaired) electrons. The van der Waals surface area contributed by atoms with Gasteiger partial charge in [0.1, 0.15) is 5.75 Å². The van der Waals surface area contributed by atoms with E-state index in [4.69, 9.17) is 9.47 Å². The molecule has 112 valence electrons. The molecule has 3 rings (SSSR count). The maximum atomic E-state index is 6.03. The molecule has 1 fully saturated rings. The third-order valence-electron chi connectivity index (χ3n) is 4.38. The van der Waals surface area contributed by atoms with Crippen LogP contribution in [-0.2, 0) is 4.74 Å². The molecule has 3 atom stereocenters. The van der Waals surface area contributed by atoms with Crippen LogP contribution in [0.5, 0.6) is 5.75 Å². The predicted molar refractivity (Wildman–Crippen MR) is 85.9 cm³/mol. The average molecular weight is 285 g/mol. The number of likely N-dealkylation sites (N-methyl/N-ethyl adjacent to an activating group) is 1. The van der Waals surface area contributed by atoms with E-state index in [0.717, 1.165) is 18.6 Å². The Bertz CT molecular complexity index is 626. The van der Waals surface area contributed by atoms with E-state index in [-0.39, 0.29) is 12.1 Å². The van der Waals surface area contributed by atoms with Crippen molar-refractivity contribution in [1.29, 1.82) is 0 Å². The van der Waals surface area contributed by atoms with Crippen LogP contribution in [0.15, 0.2) is 36.4 Å². The second-order valence-electron chi connectivity index (χ2n) is 5.80. The lowest BCUT2D eigenvalue weighted by Crippen LogP contribution is -2.29. The highest BCUT2D eigenvalue weighted by Crippen LogP contribution is 2.32. The third-order valence-corrected chi connectivity index (χ3v) is 4.38. The van der Waals surface area contributed by atoms with Gasteiger partial charge in [-0.1, -0.05) is 18.2 Å². The molecule has 3 unspecified atom stereocenters. The zero-order valence-electron chi connectivity index (χ0n) is 12.9. The van der Waals surface area contributed by atoms with Crippen LogP contribution in [0, 0.1) is 0 Å². The highest BCUT2D eigenvalue weighted by Gasteiger charge is 2.29. The Balaban J connectivity index is 1.91. The normalized spacial score (nSPS) is 23.4. The van der Waals surface area contributed by atoms with Gasteiger partial charge in [0.05, 0.1) is 25.4 Å². The fourth-order valence-corrected chi connectivity index (χ4v) is 3.21. The minimum absolute atomic E-state index is 0.251. The maximum Gasteiger partial charge on any atom is 0.119 e. The first-order valence-electron chi connectivity index (χ1n) is 7.61. The largest absolute Gasteiger partial charge is 0.497 e. The fraction of sp³-hybridized carbons (Fsp3) is 0.444. The van der Waals surface area contributed by atoms with E-state index in [9.17, 15) is 0 Å². The monoisotopic (exact) mass is 285 g/mol. The smallest absolute Gasteiger partial charge is 0.119 e. The Morgan fingerprint density at radius 1 is 1.14 bits per heavy atom. The summed E-state index contributed by atoms with van der Waals surface area (Å²) in [6.45, 7) is 2.15. The lowest BCUT2D eigenvalue weighted by Gasteiger charge is -2.24. The van der Waals surface area contributed by atoms with Crippen LogP contribution >= 0.6 is 0 Å². The Labute approximate surface area is 126 Å². The molecule has 0 saturated carbocycles. The van der Waals surface area contributed by atoms with Gasteiger partial charge < -0.3 is 14.8 Å². The molecule has 2 aromatic carbocycles. The number of hydrogen-bond donors (Lipinski definition) is 1. The van der Waals surface area contributed by atoms with Crippen LogP contribution in [-0.4, -0.2) is 26.4 Å². The van der Waals surface area contributed by atoms with E-state index < -0.39 is 0 Å². The van der Waals surface area contributed by atoms with Gasteiger partial charge in [-0.25, -0.2) is 0 Å². The number of methoxy groups -OCH3 is 1. The van der Waals surface area contributed by atoms with Crippen LogP contribution in [0.3, 0.4) is 0 Å². The fourth-order valence-electron chi connectivity index (χ4n) is 3.21. The molecule has 2 aromatic rings. The van der Waals surface area contributed by atoms with Gasteiger partial charge in [0.15, 0.2) is 0 Å². The highest BCUT2D eigenvalue weighted by molar-refractivity contribution is 5.84. The minimum atomic E-state index is 0.251. The van der Waals surface area contributed by atoms with Crippen LogP contribution in [0.1, 0.15) is 31.4 Å². The van der Waals surface area contributed by atoms with Gasteiger partial charge in [0.25, 0.3) is 0 Å². The number of ether oxygens (including phenoxy) is 2. The number of fused-ring (bicyclic) bond motifs is 1. The summed E-state index contributed by atoms with van der Waals surface area (Å²) in [5, 5.41) is 5.86. The van der Waals surface area contributed by atoms with Crippen molar-refractivity contribution in [2.24, 2.45) is 0 Å². The molecular formula is C18H23NO2. The Hall–Kier alpha value is -1.58. The van der Waals surface area contributed by atoms with Crippen LogP contribution < -0.4 is 10.1 Å². The summed E-state index contributed by atoms with van der Waals surface area (Å²) in [6, 6.07) is 13.0. The van der Waals surface area contributed by atoms with Gasteiger partial charge >= 0.3 is 0 Å². The summed E-state index contributed by atoms with van der Waals surface area (Å²) in [4.78, 5) is 0. The minimum Gasteiger partial charge on any atom is -0.497 e. The van der Waals surface area contributed by atoms with Gasteiger partial charge in [0, 0.05) is 0 Å². The molecule has 1 N–H and O–H groups in total. The molecule has 0 aromatic heterocycles. The van der Waals surface area contributed by atoms with Crippen LogP contribution in [0.25, 0.3) is 10.8 Å². The van der Waals surface area contributed by atoms with Gasteiger partial charge in [-0.05, 0) is 61.3 Å². The summed E-state index contributed by atoms with van der Waals surface area (Å²) in [5.41, 5.74) is 1.29. The molecule has 0 aliphatic carbocycles. The molecule has 1 aliphatic heterocycles. The summed E-state index contributed by atoms with van der Waals surface area (Å²) in [5.74, 6) is 0.897. The zero-order chi connectivity index (χ0) is 14.8. The number of benzene rings is 2. The van der Waals surface area contributed by atoms with E-state index >= 15 is 0 Å². The topological polar surface area (TPSA) is 30.5 Å². The second kappa shape index (κ2) is 6.04. The average Bonchev–Trinajstić information content (AvgIpc) is 2.93. The van der Waals surface area contributed by atoms with Crippen LogP contribution in [0.2, 0.25) is 0 Å². The molecule has 0 bridgehead atoms. The lowest BCUT2D eigenvalue weighted by atomic mass is 9.96. The van der Waals surface area contributed by atoms with Crippen molar-refractivity contribution in [3.63, 3.8) is 0 Å². The van der Waals surface area contributed by atoms with E-state index in [2.05, 4.69) is 42.6 Å². The number of rotatable bonds is 4. The second-order valence-corrected chi connectivity index (χ2v) is 5.80. The summed E-state index contributed by atoms with van der Waals surface area (Å²) >= 11 is 0. The highest BCUT2D eigenvalue weighted by atomic mass is 16.5. The first-order chi connectivity index (χ1) is 10.2. The predicted octanol–water partition coefficient (Wildman–Crippen LogP) is 3.68. The van der Waals surface area contributed by atoms with Gasteiger partial charge in [0.2, 0.25) is 0 Å². The van der Waals surface area contributed by atoms with Crippen molar-refractivity contribution in [2.75, 3.05) is 14.2 Å². The quantitative estimate of drug-likeness (QED) is 0.929. The molecular weight excluding hydrogens is 262 g/mol. The molecule has 0 amide bonds. The molecule has 1 aliphatic rings. The van der Waals surface area contributed by atoms with Gasteiger partial charge in [-0.2, -0.15) is 0 Å². The lowest BCUT2D eigenvalue weighted by molar-refractivity contribution is 0.0333. The van der Waals surface area contributed by atoms with Crippen molar-refractivity contribution in [2.45, 2.75) is 38.0 Å². The third kappa shape index (κ3) is 2.89. The molecule has 1 heterocycles. The van der Waals surface area contributed by atoms with Gasteiger partial charge in [-0.15, -0.1) is 0 Å². The van der Waals surface area contributed by atoms with Crippen molar-refractivity contribution in [3.8, 4) is 5.75 Å². The van der Waals surface area contributed by atoms with Gasteiger partial charge in [-0.3, -0.25) is 0 Å². The summed E-state index contributed by atoms with van der Waals surface area (Å²) < 4.78 is 11.3. The van der Waals surface area contributed by atoms with Crippen molar-refractivity contribution < 1.29 is 9.47 Å². The summed E-state index contributed by atoms with van der Waals surface area (Å²) in [7, 11) is 3.71. The SMILES string of the molecule is CNC(c1ccc2cc(OC)ccc2c1)C1CCC(C)O1. The van der Waals surface area contributed by atoms with E-state index in [0.29, 0.717) is 6.10 Å². The van der Waals surface area contributed by atoms with Crippen molar-refractivity contribution in [3.05, 3.63) is 42.0 Å². The summed E-state index contributed by atoms with van der Waals surface area (Å²) in [6.07, 6.45) is 2.90. The first-order valence-corrected chi connectivity index (χ1v) is 7.61. The zero-order valence-corrected chi connectivity index (χ0v) is 12.9. The Kier molecular flexibility index (Phi) is 4.13. The van der Waals surface area contributed by atoms with E-state index in [1.54, 1.807) is 7.11 Å². The number of hydrogen-bond acceptors (Lipinski definition) is 3. The Morgan fingerprint density at radius 2 is 1.90 bits per heavy atom. The molecule has 3 nitrogen and oxygen atoms in total. The molecule has 0 spiro atoms. The molecule has 1 saturated heterocycles.